The lowest BCUT2D eigenvalue weighted by Gasteiger charge is -2.12. The zero-order valence-corrected chi connectivity index (χ0v) is 18.3. The van der Waals surface area contributed by atoms with Crippen LogP contribution >= 0.6 is 0 Å². The minimum absolute atomic E-state index is 0.213. The van der Waals surface area contributed by atoms with E-state index in [1.807, 2.05) is 48.5 Å². The molecule has 0 fully saturated rings. The number of nitrogens with zero attached hydrogens (tertiary/aromatic N) is 2. The second-order valence-electron chi connectivity index (χ2n) is 7.69. The zero-order chi connectivity index (χ0) is 23.5. The number of aromatic nitrogens is 1. The van der Waals surface area contributed by atoms with E-state index in [1.54, 1.807) is 31.8 Å². The summed E-state index contributed by atoms with van der Waals surface area (Å²) in [6.07, 6.45) is 3.23. The van der Waals surface area contributed by atoms with Gasteiger partial charge in [0, 0.05) is 22.6 Å². The molecule has 2 heterocycles. The number of fused-ring (bicyclic) bond motifs is 1. The summed E-state index contributed by atoms with van der Waals surface area (Å²) >= 11 is 0. The van der Waals surface area contributed by atoms with Gasteiger partial charge in [0.2, 0.25) is 0 Å². The van der Waals surface area contributed by atoms with Crippen molar-refractivity contribution in [3.05, 3.63) is 102 Å². The molecular formula is C28H19FN2O3. The zero-order valence-electron chi connectivity index (χ0n) is 18.3. The second kappa shape index (κ2) is 9.08. The highest BCUT2D eigenvalue weighted by atomic mass is 19.1. The van der Waals surface area contributed by atoms with E-state index in [1.165, 1.54) is 12.1 Å². The monoisotopic (exact) mass is 450 g/mol. The van der Waals surface area contributed by atoms with E-state index in [2.05, 4.69) is 11.1 Å². The summed E-state index contributed by atoms with van der Waals surface area (Å²) in [4.78, 5) is 4.45. The summed E-state index contributed by atoms with van der Waals surface area (Å²) in [6, 6.07) is 23.5. The summed E-state index contributed by atoms with van der Waals surface area (Å²) in [5.74, 6) is 0.655. The minimum Gasteiger partial charge on any atom is -0.496 e. The van der Waals surface area contributed by atoms with Gasteiger partial charge in [0.25, 0.3) is 0 Å². The molecule has 0 amide bonds. The number of hydrogen-bond donors (Lipinski definition) is 0. The highest BCUT2D eigenvalue weighted by molar-refractivity contribution is 5.95. The number of hydrogen-bond acceptors (Lipinski definition) is 5. The number of methoxy groups -OCH3 is 1. The first-order valence-corrected chi connectivity index (χ1v) is 10.6. The molecule has 5 rings (SSSR count). The van der Waals surface area contributed by atoms with Crippen LogP contribution in [0.1, 0.15) is 11.3 Å². The Labute approximate surface area is 195 Å². The van der Waals surface area contributed by atoms with Gasteiger partial charge < -0.3 is 13.9 Å². The third-order valence-corrected chi connectivity index (χ3v) is 5.52. The Balaban J connectivity index is 1.45. The van der Waals surface area contributed by atoms with Crippen LogP contribution in [0.3, 0.4) is 0 Å². The lowest BCUT2D eigenvalue weighted by atomic mass is 10.0. The Morgan fingerprint density at radius 1 is 0.971 bits per heavy atom. The number of ether oxygens (including phenoxy) is 2. The summed E-state index contributed by atoms with van der Waals surface area (Å²) < 4.78 is 30.9. The van der Waals surface area contributed by atoms with Crippen LogP contribution in [0.4, 0.5) is 4.39 Å². The summed E-state index contributed by atoms with van der Waals surface area (Å²) in [6.45, 7) is 0.213. The van der Waals surface area contributed by atoms with Crippen molar-refractivity contribution in [3.63, 3.8) is 0 Å². The number of nitriles is 1. The molecule has 0 aliphatic carbocycles. The van der Waals surface area contributed by atoms with Crippen LogP contribution in [0.2, 0.25) is 0 Å². The fourth-order valence-electron chi connectivity index (χ4n) is 3.93. The summed E-state index contributed by atoms with van der Waals surface area (Å²) in [5, 5.41) is 10.3. The summed E-state index contributed by atoms with van der Waals surface area (Å²) in [5.41, 5.74) is 5.01. The molecule has 5 nitrogen and oxygen atoms in total. The number of halogens is 1. The number of para-hydroxylation sites is 1. The fraction of sp³-hybridized carbons (Fsp3) is 0.0714. The van der Waals surface area contributed by atoms with Crippen LogP contribution in [-0.4, -0.2) is 12.1 Å². The van der Waals surface area contributed by atoms with Crippen LogP contribution in [0.25, 0.3) is 33.2 Å². The van der Waals surface area contributed by atoms with Crippen molar-refractivity contribution < 1.29 is 18.3 Å². The van der Waals surface area contributed by atoms with E-state index in [4.69, 9.17) is 13.9 Å². The molecule has 0 aliphatic heterocycles. The maximum atomic E-state index is 14.4. The van der Waals surface area contributed by atoms with Crippen LogP contribution in [0.5, 0.6) is 11.5 Å². The van der Waals surface area contributed by atoms with Gasteiger partial charge in [-0.1, -0.05) is 30.3 Å². The summed E-state index contributed by atoms with van der Waals surface area (Å²) in [7, 11) is 1.58. The first-order valence-electron chi connectivity index (χ1n) is 10.6. The molecule has 0 unspecified atom stereocenters. The van der Waals surface area contributed by atoms with Crippen LogP contribution in [0.15, 0.2) is 89.7 Å². The van der Waals surface area contributed by atoms with Gasteiger partial charge in [0.1, 0.15) is 35.7 Å². The van der Waals surface area contributed by atoms with E-state index in [-0.39, 0.29) is 6.61 Å². The number of benzene rings is 3. The average molecular weight is 450 g/mol. The average Bonchev–Trinajstić information content (AvgIpc) is 3.41. The molecule has 0 spiro atoms. The van der Waals surface area contributed by atoms with Gasteiger partial charge in [-0.2, -0.15) is 5.26 Å². The van der Waals surface area contributed by atoms with Crippen LogP contribution < -0.4 is 9.47 Å². The predicted molar refractivity (Wildman–Crippen MR) is 127 cm³/mol. The van der Waals surface area contributed by atoms with Crippen molar-refractivity contribution in [1.82, 2.24) is 4.98 Å². The van der Waals surface area contributed by atoms with Gasteiger partial charge >= 0.3 is 0 Å². The van der Waals surface area contributed by atoms with E-state index >= 15 is 0 Å². The molecule has 166 valence electrons. The van der Waals surface area contributed by atoms with Gasteiger partial charge in [0.05, 0.1) is 25.2 Å². The molecule has 0 radical (unpaired) electrons. The third kappa shape index (κ3) is 4.19. The molecule has 0 bridgehead atoms. The number of rotatable bonds is 6. The lowest BCUT2D eigenvalue weighted by Crippen LogP contribution is -1.98. The Morgan fingerprint density at radius 2 is 1.85 bits per heavy atom. The van der Waals surface area contributed by atoms with Gasteiger partial charge in [0.15, 0.2) is 0 Å². The Kier molecular flexibility index (Phi) is 5.67. The molecule has 5 aromatic rings. The third-order valence-electron chi connectivity index (χ3n) is 5.52. The normalized spacial score (nSPS) is 10.7. The Hall–Kier alpha value is -4.63. The van der Waals surface area contributed by atoms with Gasteiger partial charge in [-0.3, -0.25) is 0 Å². The smallest absolute Gasteiger partial charge is 0.141 e. The minimum atomic E-state index is -0.401. The Morgan fingerprint density at radius 3 is 2.65 bits per heavy atom. The molecule has 0 saturated carbocycles. The van der Waals surface area contributed by atoms with Crippen molar-refractivity contribution in [2.75, 3.05) is 7.11 Å². The fourth-order valence-corrected chi connectivity index (χ4v) is 3.93. The largest absolute Gasteiger partial charge is 0.496 e. The first kappa shape index (κ1) is 21.2. The second-order valence-corrected chi connectivity index (χ2v) is 7.69. The van der Waals surface area contributed by atoms with E-state index in [9.17, 15) is 9.65 Å². The van der Waals surface area contributed by atoms with Crippen molar-refractivity contribution in [2.24, 2.45) is 0 Å². The Bertz CT molecular complexity index is 1520. The molecule has 0 saturated heterocycles. The van der Waals surface area contributed by atoms with Crippen molar-refractivity contribution >= 4 is 10.9 Å². The molecule has 0 atom stereocenters. The van der Waals surface area contributed by atoms with Crippen molar-refractivity contribution in [2.45, 2.75) is 6.61 Å². The van der Waals surface area contributed by atoms with Crippen LogP contribution in [-0.2, 0) is 6.61 Å². The van der Waals surface area contributed by atoms with E-state index in [0.717, 1.165) is 27.6 Å². The molecule has 6 heteroatoms. The molecule has 2 aromatic heterocycles. The molecule has 34 heavy (non-hydrogen) atoms. The van der Waals surface area contributed by atoms with Crippen molar-refractivity contribution in [3.8, 4) is 39.8 Å². The van der Waals surface area contributed by atoms with Crippen LogP contribution in [0, 0.1) is 17.1 Å². The molecule has 3 aromatic carbocycles. The quantitative estimate of drug-likeness (QED) is 0.286. The van der Waals surface area contributed by atoms with Gasteiger partial charge in [-0.15, -0.1) is 0 Å². The predicted octanol–water partition coefficient (Wildman–Crippen LogP) is 6.76. The van der Waals surface area contributed by atoms with Gasteiger partial charge in [-0.25, -0.2) is 9.37 Å². The highest BCUT2D eigenvalue weighted by Crippen LogP contribution is 2.33. The maximum absolute atomic E-state index is 14.4. The lowest BCUT2D eigenvalue weighted by molar-refractivity contribution is 0.305. The first-order chi connectivity index (χ1) is 16.6. The topological polar surface area (TPSA) is 68.3 Å². The molecule has 0 N–H and O–H groups in total. The molecular weight excluding hydrogens is 431 g/mol. The van der Waals surface area contributed by atoms with Crippen molar-refractivity contribution in [1.29, 1.82) is 5.26 Å². The van der Waals surface area contributed by atoms with E-state index in [0.29, 0.717) is 28.3 Å². The maximum Gasteiger partial charge on any atom is 0.141 e. The molecule has 0 aliphatic rings. The SMILES string of the molecule is COc1ccccc1-c1cc(F)cc(OCc2ccc3c(-c4ccoc4)cc(C#N)nc3c2)c1. The highest BCUT2D eigenvalue weighted by Gasteiger charge is 2.12. The standard InChI is InChI=1S/C28H19FN2O3/c1-32-28-5-3-2-4-24(28)20-11-21(29)13-23(12-20)34-16-18-6-7-25-26(19-8-9-33-17-19)14-22(15-30)31-27(25)10-18/h2-14,17H,16H2,1H3. The van der Waals surface area contributed by atoms with E-state index < -0.39 is 5.82 Å². The van der Waals surface area contributed by atoms with Gasteiger partial charge in [-0.05, 0) is 53.1 Å². The number of furan rings is 1. The number of pyridine rings is 1.